The molecule has 4 rings (SSSR count). The van der Waals surface area contributed by atoms with Crippen LogP contribution in [0.3, 0.4) is 0 Å². The lowest BCUT2D eigenvalue weighted by molar-refractivity contribution is 0.205. The molecule has 0 spiro atoms. The summed E-state index contributed by atoms with van der Waals surface area (Å²) in [4.78, 5) is 14.8. The third kappa shape index (κ3) is 4.90. The number of benzene rings is 1. The first-order valence-electron chi connectivity index (χ1n) is 10.6. The zero-order valence-corrected chi connectivity index (χ0v) is 19.1. The molecule has 1 saturated heterocycles. The largest absolute Gasteiger partial charge is 0.477 e. The molecule has 30 heavy (non-hydrogen) atoms. The number of aromatic nitrogens is 3. The molecule has 0 aliphatic carbocycles. The van der Waals surface area contributed by atoms with Gasteiger partial charge in [0, 0.05) is 16.8 Å². The second-order valence-corrected chi connectivity index (χ2v) is 9.09. The lowest BCUT2D eigenvalue weighted by atomic mass is 9.92. The van der Waals surface area contributed by atoms with Crippen LogP contribution < -0.4 is 4.74 Å². The number of halogens is 2. The van der Waals surface area contributed by atoms with Crippen molar-refractivity contribution in [3.63, 3.8) is 0 Å². The van der Waals surface area contributed by atoms with Crippen LogP contribution >= 0.6 is 23.2 Å². The SMILES string of the molecule is Cc1cc(Cl)cc2[nH]c(-c3ccnc(OCCCCC4CCN(C)CC4)c3Cl)nc12. The summed E-state index contributed by atoms with van der Waals surface area (Å²) in [6.45, 7) is 5.06. The summed E-state index contributed by atoms with van der Waals surface area (Å²) in [5.41, 5.74) is 3.57. The highest BCUT2D eigenvalue weighted by Gasteiger charge is 2.17. The van der Waals surface area contributed by atoms with Crippen LogP contribution in [-0.2, 0) is 0 Å². The van der Waals surface area contributed by atoms with Gasteiger partial charge in [0.1, 0.15) is 10.8 Å². The summed E-state index contributed by atoms with van der Waals surface area (Å²) in [6, 6.07) is 5.63. The van der Waals surface area contributed by atoms with Crippen molar-refractivity contribution >= 4 is 34.2 Å². The number of hydrogen-bond acceptors (Lipinski definition) is 4. The molecule has 5 nitrogen and oxygen atoms in total. The standard InChI is InChI=1S/C23H28Cl2N4O/c1-15-13-17(24)14-19-21(15)28-22(27-19)18-6-9-26-23(20(18)25)30-12-4-3-5-16-7-10-29(2)11-8-16/h6,9,13-14,16H,3-5,7-8,10-12H2,1-2H3,(H,27,28). The van der Waals surface area contributed by atoms with Crippen molar-refractivity contribution in [3.8, 4) is 17.3 Å². The zero-order chi connectivity index (χ0) is 21.1. The van der Waals surface area contributed by atoms with Crippen LogP contribution in [0, 0.1) is 12.8 Å². The molecular weight excluding hydrogens is 419 g/mol. The van der Waals surface area contributed by atoms with E-state index in [1.165, 1.54) is 38.8 Å². The number of imidazole rings is 1. The van der Waals surface area contributed by atoms with Gasteiger partial charge in [-0.3, -0.25) is 0 Å². The normalized spacial score (nSPS) is 15.7. The minimum atomic E-state index is 0.462. The number of ether oxygens (including phenoxy) is 1. The number of unbranched alkanes of at least 4 members (excludes halogenated alkanes) is 1. The van der Waals surface area contributed by atoms with Crippen molar-refractivity contribution < 1.29 is 4.74 Å². The average molecular weight is 447 g/mol. The Morgan fingerprint density at radius 1 is 1.20 bits per heavy atom. The van der Waals surface area contributed by atoms with Gasteiger partial charge in [-0.05, 0) is 82.4 Å². The Balaban J connectivity index is 1.37. The number of hydrogen-bond donors (Lipinski definition) is 1. The van der Waals surface area contributed by atoms with E-state index in [2.05, 4.69) is 21.9 Å². The first-order valence-corrected chi connectivity index (χ1v) is 11.4. The van der Waals surface area contributed by atoms with E-state index in [9.17, 15) is 0 Å². The second kappa shape index (κ2) is 9.54. The maximum atomic E-state index is 6.61. The quantitative estimate of drug-likeness (QED) is 0.443. The number of nitrogens with zero attached hydrogens (tertiary/aromatic N) is 3. The van der Waals surface area contributed by atoms with Crippen LogP contribution in [0.25, 0.3) is 22.4 Å². The fraction of sp³-hybridized carbons (Fsp3) is 0.478. The molecule has 0 bridgehead atoms. The van der Waals surface area contributed by atoms with Crippen molar-refractivity contribution in [2.75, 3.05) is 26.7 Å². The number of rotatable bonds is 7. The Kier molecular flexibility index (Phi) is 6.81. The van der Waals surface area contributed by atoms with E-state index in [0.29, 0.717) is 28.4 Å². The van der Waals surface area contributed by atoms with Crippen LogP contribution in [0.1, 0.15) is 37.7 Å². The molecule has 0 saturated carbocycles. The van der Waals surface area contributed by atoms with Crippen LogP contribution in [-0.4, -0.2) is 46.6 Å². The lowest BCUT2D eigenvalue weighted by Gasteiger charge is -2.28. The Hall–Kier alpha value is -1.82. The highest BCUT2D eigenvalue weighted by Crippen LogP contribution is 2.34. The molecule has 1 fully saturated rings. The minimum absolute atomic E-state index is 0.462. The van der Waals surface area contributed by atoms with Gasteiger partial charge in [0.2, 0.25) is 5.88 Å². The fourth-order valence-corrected chi connectivity index (χ4v) is 4.67. The highest BCUT2D eigenvalue weighted by atomic mass is 35.5. The zero-order valence-electron chi connectivity index (χ0n) is 17.5. The third-order valence-corrected chi connectivity index (χ3v) is 6.52. The van der Waals surface area contributed by atoms with Gasteiger partial charge in [-0.2, -0.15) is 0 Å². The fourth-order valence-electron chi connectivity index (χ4n) is 4.14. The van der Waals surface area contributed by atoms with E-state index < -0.39 is 0 Å². The van der Waals surface area contributed by atoms with Gasteiger partial charge in [-0.15, -0.1) is 0 Å². The van der Waals surface area contributed by atoms with E-state index in [1.54, 1.807) is 6.20 Å². The van der Waals surface area contributed by atoms with Crippen molar-refractivity contribution in [2.24, 2.45) is 5.92 Å². The van der Waals surface area contributed by atoms with E-state index in [1.807, 2.05) is 25.1 Å². The molecule has 0 atom stereocenters. The van der Waals surface area contributed by atoms with Gasteiger partial charge in [-0.25, -0.2) is 9.97 Å². The number of nitrogens with one attached hydrogen (secondary N) is 1. The first-order chi connectivity index (χ1) is 14.5. The summed E-state index contributed by atoms with van der Waals surface area (Å²) in [5, 5.41) is 1.16. The molecule has 160 valence electrons. The molecule has 3 heterocycles. The topological polar surface area (TPSA) is 54.0 Å². The van der Waals surface area contributed by atoms with E-state index in [4.69, 9.17) is 32.9 Å². The number of aryl methyl sites for hydroxylation is 1. The molecule has 0 unspecified atom stereocenters. The number of fused-ring (bicyclic) bond motifs is 1. The third-order valence-electron chi connectivity index (χ3n) is 5.94. The highest BCUT2D eigenvalue weighted by molar-refractivity contribution is 6.34. The molecule has 1 aliphatic heterocycles. The molecule has 0 radical (unpaired) electrons. The smallest absolute Gasteiger partial charge is 0.233 e. The summed E-state index contributed by atoms with van der Waals surface area (Å²) < 4.78 is 5.91. The summed E-state index contributed by atoms with van der Waals surface area (Å²) in [7, 11) is 2.20. The molecule has 7 heteroatoms. The van der Waals surface area contributed by atoms with Crippen LogP contribution in [0.5, 0.6) is 5.88 Å². The van der Waals surface area contributed by atoms with Crippen LogP contribution in [0.4, 0.5) is 0 Å². The van der Waals surface area contributed by atoms with Crippen molar-refractivity contribution in [1.82, 2.24) is 19.9 Å². The van der Waals surface area contributed by atoms with Gasteiger partial charge in [-0.1, -0.05) is 29.6 Å². The molecule has 1 N–H and O–H groups in total. The van der Waals surface area contributed by atoms with Crippen molar-refractivity contribution in [1.29, 1.82) is 0 Å². The Morgan fingerprint density at radius 3 is 2.80 bits per heavy atom. The second-order valence-electron chi connectivity index (χ2n) is 8.27. The number of piperidine rings is 1. The Morgan fingerprint density at radius 2 is 2.00 bits per heavy atom. The number of pyridine rings is 1. The molecule has 3 aromatic rings. The summed E-state index contributed by atoms with van der Waals surface area (Å²) in [5.74, 6) is 2.01. The van der Waals surface area contributed by atoms with Crippen molar-refractivity contribution in [3.05, 3.63) is 40.0 Å². The molecule has 1 aliphatic rings. The van der Waals surface area contributed by atoms with E-state index in [0.717, 1.165) is 34.5 Å². The van der Waals surface area contributed by atoms with Gasteiger partial charge in [0.25, 0.3) is 0 Å². The lowest BCUT2D eigenvalue weighted by Crippen LogP contribution is -2.30. The molecule has 2 aromatic heterocycles. The van der Waals surface area contributed by atoms with Crippen LogP contribution in [0.15, 0.2) is 24.4 Å². The Labute approximate surface area is 187 Å². The summed E-state index contributed by atoms with van der Waals surface area (Å²) in [6.07, 6.45) is 7.80. The first kappa shape index (κ1) is 21.4. The van der Waals surface area contributed by atoms with Gasteiger partial charge >= 0.3 is 0 Å². The monoisotopic (exact) mass is 446 g/mol. The maximum Gasteiger partial charge on any atom is 0.233 e. The Bertz CT molecular complexity index is 1010. The average Bonchev–Trinajstić information content (AvgIpc) is 3.14. The van der Waals surface area contributed by atoms with Gasteiger partial charge < -0.3 is 14.6 Å². The minimum Gasteiger partial charge on any atom is -0.477 e. The number of aromatic amines is 1. The van der Waals surface area contributed by atoms with Gasteiger partial charge in [0.15, 0.2) is 0 Å². The summed E-state index contributed by atoms with van der Waals surface area (Å²) >= 11 is 12.8. The molecule has 0 amide bonds. The number of H-pyrrole nitrogens is 1. The number of likely N-dealkylation sites (tertiary alicyclic amines) is 1. The predicted octanol–water partition coefficient (Wildman–Crippen LogP) is 6.13. The van der Waals surface area contributed by atoms with Crippen molar-refractivity contribution in [2.45, 2.75) is 39.0 Å². The van der Waals surface area contributed by atoms with Crippen LogP contribution in [0.2, 0.25) is 10.0 Å². The van der Waals surface area contributed by atoms with E-state index >= 15 is 0 Å². The maximum absolute atomic E-state index is 6.61. The van der Waals surface area contributed by atoms with E-state index in [-0.39, 0.29) is 0 Å². The predicted molar refractivity (Wildman–Crippen MR) is 124 cm³/mol. The van der Waals surface area contributed by atoms with Gasteiger partial charge in [0.05, 0.1) is 17.6 Å². The molecular formula is C23H28Cl2N4O. The molecule has 1 aromatic carbocycles.